The van der Waals surface area contributed by atoms with E-state index in [0.29, 0.717) is 29.4 Å². The lowest BCUT2D eigenvalue weighted by atomic mass is 10.2. The van der Waals surface area contributed by atoms with Crippen molar-refractivity contribution >= 4 is 17.2 Å². The van der Waals surface area contributed by atoms with Gasteiger partial charge in [0.1, 0.15) is 11.6 Å². The van der Waals surface area contributed by atoms with Crippen LogP contribution in [-0.2, 0) is 6.54 Å². The molecule has 6 heteroatoms. The van der Waals surface area contributed by atoms with Gasteiger partial charge in [-0.15, -0.1) is 5.10 Å². The molecule has 0 saturated carbocycles. The zero-order valence-corrected chi connectivity index (χ0v) is 13.4. The summed E-state index contributed by atoms with van der Waals surface area (Å²) in [6.45, 7) is 0.682. The summed E-state index contributed by atoms with van der Waals surface area (Å²) < 4.78 is 15.0. The summed E-state index contributed by atoms with van der Waals surface area (Å²) in [5, 5.41) is 7.70. The molecule has 2 aromatic carbocycles. The monoisotopic (exact) mass is 333 g/mol. The average molecular weight is 333 g/mol. The van der Waals surface area contributed by atoms with Gasteiger partial charge in [0.2, 0.25) is 0 Å². The molecule has 124 valence electrons. The van der Waals surface area contributed by atoms with Crippen LogP contribution in [0.2, 0.25) is 0 Å². The van der Waals surface area contributed by atoms with Crippen LogP contribution in [0, 0.1) is 5.82 Å². The minimum atomic E-state index is -0.324. The fourth-order valence-corrected chi connectivity index (χ4v) is 2.66. The number of nitrogens with one attached hydrogen (secondary N) is 1. The smallest absolute Gasteiger partial charge is 0.182 e. The van der Waals surface area contributed by atoms with E-state index in [1.807, 2.05) is 36.4 Å². The largest absolute Gasteiger partial charge is 0.384 e. The Morgan fingerprint density at radius 3 is 2.64 bits per heavy atom. The fourth-order valence-electron chi connectivity index (χ4n) is 2.66. The molecule has 2 aromatic heterocycles. The van der Waals surface area contributed by atoms with Crippen molar-refractivity contribution in [1.29, 1.82) is 0 Å². The first kappa shape index (κ1) is 15.1. The van der Waals surface area contributed by atoms with E-state index in [4.69, 9.17) is 5.73 Å². The maximum absolute atomic E-state index is 13.4. The number of aromatic nitrogens is 3. The van der Waals surface area contributed by atoms with Crippen LogP contribution in [0.4, 0.5) is 15.9 Å². The van der Waals surface area contributed by atoms with Gasteiger partial charge < -0.3 is 11.1 Å². The van der Waals surface area contributed by atoms with Crippen molar-refractivity contribution in [3.63, 3.8) is 0 Å². The summed E-state index contributed by atoms with van der Waals surface area (Å²) in [6, 6.07) is 19.9. The molecule has 3 N–H and O–H groups in total. The predicted molar refractivity (Wildman–Crippen MR) is 96.6 cm³/mol. The van der Waals surface area contributed by atoms with E-state index in [-0.39, 0.29) is 5.82 Å². The number of halogens is 1. The van der Waals surface area contributed by atoms with Gasteiger partial charge in [0.05, 0.1) is 0 Å². The van der Waals surface area contributed by atoms with Crippen molar-refractivity contribution in [3.05, 3.63) is 78.1 Å². The van der Waals surface area contributed by atoms with Gasteiger partial charge in [-0.25, -0.2) is 9.37 Å². The second kappa shape index (κ2) is 6.24. The predicted octanol–water partition coefficient (Wildman–Crippen LogP) is 3.73. The third kappa shape index (κ3) is 3.14. The first-order chi connectivity index (χ1) is 12.2. The lowest BCUT2D eigenvalue weighted by Crippen LogP contribution is -2.03. The maximum Gasteiger partial charge on any atom is 0.182 e. The number of fused-ring (bicyclic) bond motifs is 1. The Kier molecular flexibility index (Phi) is 3.78. The second-order valence-electron chi connectivity index (χ2n) is 5.72. The number of hydrogen-bond acceptors (Lipinski definition) is 4. The van der Waals surface area contributed by atoms with Crippen LogP contribution in [0.3, 0.4) is 0 Å². The summed E-state index contributed by atoms with van der Waals surface area (Å²) >= 11 is 0. The third-order valence-electron chi connectivity index (χ3n) is 3.89. The molecule has 0 aliphatic heterocycles. The van der Waals surface area contributed by atoms with Crippen LogP contribution in [0.15, 0.2) is 66.7 Å². The van der Waals surface area contributed by atoms with Gasteiger partial charge in [-0.05, 0) is 17.7 Å². The van der Waals surface area contributed by atoms with Crippen LogP contribution in [0.1, 0.15) is 5.56 Å². The van der Waals surface area contributed by atoms with Gasteiger partial charge in [-0.1, -0.05) is 42.5 Å². The van der Waals surface area contributed by atoms with Crippen molar-refractivity contribution in [3.8, 4) is 11.4 Å². The topological polar surface area (TPSA) is 68.2 Å². The molecule has 0 amide bonds. The van der Waals surface area contributed by atoms with Crippen molar-refractivity contribution in [2.45, 2.75) is 6.54 Å². The molecule has 0 unspecified atom stereocenters. The Labute approximate surface area is 143 Å². The Hall–Kier alpha value is -3.41. The minimum Gasteiger partial charge on any atom is -0.384 e. The zero-order chi connectivity index (χ0) is 17.2. The first-order valence-electron chi connectivity index (χ1n) is 7.89. The summed E-state index contributed by atoms with van der Waals surface area (Å²) in [7, 11) is 0. The van der Waals surface area contributed by atoms with E-state index >= 15 is 0 Å². The lowest BCUT2D eigenvalue weighted by molar-refractivity contribution is 0.628. The molecule has 4 aromatic rings. The molecule has 0 aliphatic rings. The zero-order valence-electron chi connectivity index (χ0n) is 13.4. The van der Waals surface area contributed by atoms with Gasteiger partial charge in [0.25, 0.3) is 0 Å². The highest BCUT2D eigenvalue weighted by atomic mass is 19.1. The normalized spacial score (nSPS) is 10.9. The maximum atomic E-state index is 13.4. The summed E-state index contributed by atoms with van der Waals surface area (Å²) in [6.07, 6.45) is 0. The number of nitrogen functional groups attached to an aromatic ring is 1. The standard InChI is InChI=1S/C19H16FN5/c20-15-8-4-7-14(9-15)19-23-18-11-16(10-17(21)25(18)24-19)22-12-13-5-2-1-3-6-13/h1-11,22H,12,21H2. The molecule has 4 rings (SSSR count). The highest BCUT2D eigenvalue weighted by Crippen LogP contribution is 2.22. The highest BCUT2D eigenvalue weighted by molar-refractivity contribution is 5.65. The number of nitrogens with two attached hydrogens (primary N) is 1. The van der Waals surface area contributed by atoms with Crippen molar-refractivity contribution in [1.82, 2.24) is 14.6 Å². The van der Waals surface area contributed by atoms with Crippen LogP contribution >= 0.6 is 0 Å². The van der Waals surface area contributed by atoms with E-state index < -0.39 is 0 Å². The van der Waals surface area contributed by atoms with Crippen LogP contribution in [0.25, 0.3) is 17.0 Å². The van der Waals surface area contributed by atoms with Gasteiger partial charge in [-0.2, -0.15) is 4.52 Å². The molecule has 0 spiro atoms. The van der Waals surface area contributed by atoms with Gasteiger partial charge in [0, 0.05) is 29.9 Å². The van der Waals surface area contributed by atoms with E-state index in [2.05, 4.69) is 15.4 Å². The van der Waals surface area contributed by atoms with Crippen LogP contribution < -0.4 is 11.1 Å². The number of rotatable bonds is 4. The summed E-state index contributed by atoms with van der Waals surface area (Å²) in [4.78, 5) is 4.47. The molecule has 0 radical (unpaired) electrons. The van der Waals surface area contributed by atoms with Crippen molar-refractivity contribution in [2.24, 2.45) is 0 Å². The average Bonchev–Trinajstić information content (AvgIpc) is 3.06. The van der Waals surface area contributed by atoms with Crippen molar-refractivity contribution < 1.29 is 4.39 Å². The molecule has 0 atom stereocenters. The second-order valence-corrected chi connectivity index (χ2v) is 5.72. The number of benzene rings is 2. The molecular formula is C19H16FN5. The fraction of sp³-hybridized carbons (Fsp3) is 0.0526. The van der Waals surface area contributed by atoms with Crippen LogP contribution in [-0.4, -0.2) is 14.6 Å². The molecular weight excluding hydrogens is 317 g/mol. The van der Waals surface area contributed by atoms with Crippen molar-refractivity contribution in [2.75, 3.05) is 11.1 Å². The van der Waals surface area contributed by atoms with Gasteiger partial charge >= 0.3 is 0 Å². The Morgan fingerprint density at radius 2 is 1.84 bits per heavy atom. The third-order valence-corrected chi connectivity index (χ3v) is 3.89. The molecule has 0 bridgehead atoms. The van der Waals surface area contributed by atoms with Gasteiger partial charge in [0.15, 0.2) is 11.5 Å². The minimum absolute atomic E-state index is 0.324. The molecule has 5 nitrogen and oxygen atoms in total. The summed E-state index contributed by atoms with van der Waals surface area (Å²) in [5.41, 5.74) is 9.34. The number of hydrogen-bond donors (Lipinski definition) is 2. The quantitative estimate of drug-likeness (QED) is 0.597. The molecule has 0 aliphatic carbocycles. The Bertz CT molecular complexity index is 1030. The Morgan fingerprint density at radius 1 is 1.00 bits per heavy atom. The van der Waals surface area contributed by atoms with E-state index in [0.717, 1.165) is 5.69 Å². The molecule has 0 fully saturated rings. The summed E-state index contributed by atoms with van der Waals surface area (Å²) in [5.74, 6) is 0.573. The van der Waals surface area contributed by atoms with Crippen LogP contribution in [0.5, 0.6) is 0 Å². The van der Waals surface area contributed by atoms with E-state index in [1.54, 1.807) is 22.7 Å². The molecule has 0 saturated heterocycles. The number of anilines is 2. The van der Waals surface area contributed by atoms with Gasteiger partial charge in [-0.3, -0.25) is 0 Å². The SMILES string of the molecule is Nc1cc(NCc2ccccc2)cc2nc(-c3cccc(F)c3)nn12. The molecule has 25 heavy (non-hydrogen) atoms. The molecule has 2 heterocycles. The van der Waals surface area contributed by atoms with E-state index in [1.165, 1.54) is 17.7 Å². The van der Waals surface area contributed by atoms with E-state index in [9.17, 15) is 4.39 Å². The lowest BCUT2D eigenvalue weighted by Gasteiger charge is -2.08. The Balaban J connectivity index is 1.65. The highest BCUT2D eigenvalue weighted by Gasteiger charge is 2.10. The number of pyridine rings is 1. The number of nitrogens with zero attached hydrogens (tertiary/aromatic N) is 3. The first-order valence-corrected chi connectivity index (χ1v) is 7.89.